The second kappa shape index (κ2) is 9.28. The maximum Gasteiger partial charge on any atom is 0.255 e. The van der Waals surface area contributed by atoms with Gasteiger partial charge in [0.25, 0.3) is 5.91 Å². The molecule has 2 aromatic heterocycles. The van der Waals surface area contributed by atoms with Crippen molar-refractivity contribution in [3.63, 3.8) is 0 Å². The van der Waals surface area contributed by atoms with Crippen LogP contribution in [0.1, 0.15) is 72.6 Å². The fraction of sp³-hybridized carbons (Fsp3) is 0.480. The molecular formula is C25H33N5O2. The lowest BCUT2D eigenvalue weighted by molar-refractivity contribution is 0.0940. The van der Waals surface area contributed by atoms with E-state index in [4.69, 9.17) is 0 Å². The van der Waals surface area contributed by atoms with Gasteiger partial charge >= 0.3 is 0 Å². The summed E-state index contributed by atoms with van der Waals surface area (Å²) >= 11 is 0. The Kier molecular flexibility index (Phi) is 6.46. The van der Waals surface area contributed by atoms with Crippen LogP contribution < -0.4 is 10.6 Å². The number of aliphatic hydroxyl groups is 1. The smallest absolute Gasteiger partial charge is 0.255 e. The molecule has 0 radical (unpaired) electrons. The van der Waals surface area contributed by atoms with Crippen LogP contribution in [0.3, 0.4) is 0 Å². The van der Waals surface area contributed by atoms with Crippen molar-refractivity contribution < 1.29 is 9.90 Å². The van der Waals surface area contributed by atoms with Crippen LogP contribution in [-0.2, 0) is 6.54 Å². The number of pyridine rings is 1. The number of nitrogens with one attached hydrogen (secondary N) is 2. The molecule has 3 N–H and O–H groups in total. The minimum atomic E-state index is -0.307. The molecule has 0 aliphatic heterocycles. The maximum absolute atomic E-state index is 13.4. The predicted molar refractivity (Wildman–Crippen MR) is 127 cm³/mol. The van der Waals surface area contributed by atoms with Crippen LogP contribution >= 0.6 is 0 Å². The summed E-state index contributed by atoms with van der Waals surface area (Å²) in [7, 11) is 0. The largest absolute Gasteiger partial charge is 0.393 e. The Labute approximate surface area is 189 Å². The molecule has 7 heteroatoms. The Morgan fingerprint density at radius 3 is 2.81 bits per heavy atom. The lowest BCUT2D eigenvalue weighted by Gasteiger charge is -2.28. The predicted octanol–water partition coefficient (Wildman–Crippen LogP) is 4.27. The molecule has 1 aliphatic rings. The first kappa shape index (κ1) is 22.3. The van der Waals surface area contributed by atoms with E-state index in [1.54, 1.807) is 12.4 Å². The average Bonchev–Trinajstić information content (AvgIpc) is 3.17. The molecule has 1 fully saturated rings. The maximum atomic E-state index is 13.4. The number of aliphatic hydroxyl groups excluding tert-OH is 1. The van der Waals surface area contributed by atoms with E-state index in [2.05, 4.69) is 52.8 Å². The SMILES string of the molecule is CCn1ncc2c(NC3CCCC(O)C3)c(C(=O)N[C@@H](C)c3ccc(C)cc3C)cnc21. The van der Waals surface area contributed by atoms with Crippen molar-refractivity contribution in [2.24, 2.45) is 0 Å². The number of carbonyl (C=O) groups excluding carboxylic acids is 1. The third-order valence-electron chi connectivity index (χ3n) is 6.44. The number of aromatic nitrogens is 3. The van der Waals surface area contributed by atoms with Crippen LogP contribution in [0.15, 0.2) is 30.6 Å². The summed E-state index contributed by atoms with van der Waals surface area (Å²) in [4.78, 5) is 17.9. The molecule has 2 heterocycles. The molecule has 0 bridgehead atoms. The normalized spacial score (nSPS) is 19.7. The lowest BCUT2D eigenvalue weighted by Crippen LogP contribution is -2.32. The highest BCUT2D eigenvalue weighted by Gasteiger charge is 2.25. The summed E-state index contributed by atoms with van der Waals surface area (Å²) in [5.41, 5.74) is 5.47. The fourth-order valence-electron chi connectivity index (χ4n) is 4.75. The number of aryl methyl sites for hydroxylation is 3. The monoisotopic (exact) mass is 435 g/mol. The average molecular weight is 436 g/mol. The zero-order valence-corrected chi connectivity index (χ0v) is 19.4. The Morgan fingerprint density at radius 2 is 2.09 bits per heavy atom. The van der Waals surface area contributed by atoms with Crippen LogP contribution in [-0.4, -0.2) is 37.9 Å². The quantitative estimate of drug-likeness (QED) is 0.538. The van der Waals surface area contributed by atoms with Gasteiger partial charge in [0.15, 0.2) is 5.65 Å². The lowest BCUT2D eigenvalue weighted by atomic mass is 9.92. The topological polar surface area (TPSA) is 92.1 Å². The zero-order chi connectivity index (χ0) is 22.8. The molecule has 2 unspecified atom stereocenters. The van der Waals surface area contributed by atoms with Gasteiger partial charge in [0, 0.05) is 18.8 Å². The summed E-state index contributed by atoms with van der Waals surface area (Å²) < 4.78 is 1.83. The molecule has 1 aromatic carbocycles. The van der Waals surface area contributed by atoms with E-state index < -0.39 is 0 Å². The van der Waals surface area contributed by atoms with Gasteiger partial charge in [-0.2, -0.15) is 5.10 Å². The number of fused-ring (bicyclic) bond motifs is 1. The van der Waals surface area contributed by atoms with Crippen LogP contribution in [0.5, 0.6) is 0 Å². The fourth-order valence-corrected chi connectivity index (χ4v) is 4.75. The first-order chi connectivity index (χ1) is 15.4. The summed E-state index contributed by atoms with van der Waals surface area (Å²) in [5.74, 6) is -0.171. The van der Waals surface area contributed by atoms with E-state index >= 15 is 0 Å². The Hall–Kier alpha value is -2.93. The molecule has 4 rings (SSSR count). The molecule has 7 nitrogen and oxygen atoms in total. The Balaban J connectivity index is 1.66. The molecule has 1 aliphatic carbocycles. The minimum absolute atomic E-state index is 0.109. The number of benzene rings is 1. The third-order valence-corrected chi connectivity index (χ3v) is 6.44. The Bertz CT molecular complexity index is 1120. The van der Waals surface area contributed by atoms with Crippen molar-refractivity contribution in [2.75, 3.05) is 5.32 Å². The molecule has 1 amide bonds. The molecule has 1 saturated carbocycles. The van der Waals surface area contributed by atoms with E-state index in [1.807, 2.05) is 18.5 Å². The van der Waals surface area contributed by atoms with Gasteiger partial charge in [-0.25, -0.2) is 9.67 Å². The van der Waals surface area contributed by atoms with Gasteiger partial charge in [0.05, 0.1) is 35.0 Å². The first-order valence-corrected chi connectivity index (χ1v) is 11.5. The number of hydrogen-bond donors (Lipinski definition) is 3. The van der Waals surface area contributed by atoms with Gasteiger partial charge in [-0.05, 0) is 64.5 Å². The summed E-state index contributed by atoms with van der Waals surface area (Å²) in [6, 6.07) is 6.25. The summed E-state index contributed by atoms with van der Waals surface area (Å²) in [6.07, 6.45) is 6.54. The van der Waals surface area contributed by atoms with Crippen molar-refractivity contribution in [3.8, 4) is 0 Å². The molecule has 170 valence electrons. The van der Waals surface area contributed by atoms with Crippen molar-refractivity contribution in [2.45, 2.75) is 78.1 Å². The van der Waals surface area contributed by atoms with Gasteiger partial charge in [-0.3, -0.25) is 4.79 Å². The molecule has 32 heavy (non-hydrogen) atoms. The van der Waals surface area contributed by atoms with Crippen molar-refractivity contribution in [3.05, 3.63) is 52.8 Å². The minimum Gasteiger partial charge on any atom is -0.393 e. The van der Waals surface area contributed by atoms with E-state index in [0.717, 1.165) is 47.1 Å². The van der Waals surface area contributed by atoms with E-state index in [9.17, 15) is 9.90 Å². The van der Waals surface area contributed by atoms with Gasteiger partial charge in [0.1, 0.15) is 0 Å². The van der Waals surface area contributed by atoms with Crippen molar-refractivity contribution in [1.82, 2.24) is 20.1 Å². The van der Waals surface area contributed by atoms with Gasteiger partial charge < -0.3 is 15.7 Å². The summed E-state index contributed by atoms with van der Waals surface area (Å²) in [5, 5.41) is 22.1. The van der Waals surface area contributed by atoms with Crippen LogP contribution in [0.4, 0.5) is 5.69 Å². The highest BCUT2D eigenvalue weighted by Crippen LogP contribution is 2.30. The number of anilines is 1. The van der Waals surface area contributed by atoms with Crippen molar-refractivity contribution >= 4 is 22.6 Å². The Morgan fingerprint density at radius 1 is 1.28 bits per heavy atom. The van der Waals surface area contributed by atoms with E-state index in [-0.39, 0.29) is 24.1 Å². The standard InChI is InChI=1S/C25H33N5O2/c1-5-30-24-21(14-27-30)23(29-18-7-6-8-19(31)12-18)22(13-26-24)25(32)28-17(4)20-10-9-15(2)11-16(20)3/h9-11,13-14,17-19,31H,5-8,12H2,1-4H3,(H,26,29)(H,28,32)/t17-,18?,19?/m0/s1. The number of rotatable bonds is 6. The zero-order valence-electron chi connectivity index (χ0n) is 19.4. The van der Waals surface area contributed by atoms with Gasteiger partial charge in [0.2, 0.25) is 0 Å². The highest BCUT2D eigenvalue weighted by molar-refractivity contribution is 6.06. The molecule has 3 aromatic rings. The molecule has 0 saturated heterocycles. The van der Waals surface area contributed by atoms with E-state index in [1.165, 1.54) is 5.56 Å². The second-order valence-electron chi connectivity index (χ2n) is 8.96. The first-order valence-electron chi connectivity index (χ1n) is 11.5. The number of amides is 1. The van der Waals surface area contributed by atoms with Crippen LogP contribution in [0.2, 0.25) is 0 Å². The van der Waals surface area contributed by atoms with E-state index in [0.29, 0.717) is 18.5 Å². The highest BCUT2D eigenvalue weighted by atomic mass is 16.3. The second-order valence-corrected chi connectivity index (χ2v) is 8.96. The summed E-state index contributed by atoms with van der Waals surface area (Å²) in [6.45, 7) is 8.86. The molecule has 3 atom stereocenters. The molecular weight excluding hydrogens is 402 g/mol. The van der Waals surface area contributed by atoms with Crippen LogP contribution in [0, 0.1) is 13.8 Å². The van der Waals surface area contributed by atoms with Gasteiger partial charge in [-0.15, -0.1) is 0 Å². The van der Waals surface area contributed by atoms with Gasteiger partial charge in [-0.1, -0.05) is 23.8 Å². The third kappa shape index (κ3) is 4.48. The number of nitrogens with zero attached hydrogens (tertiary/aromatic N) is 3. The number of hydrogen-bond acceptors (Lipinski definition) is 5. The van der Waals surface area contributed by atoms with Crippen LogP contribution in [0.25, 0.3) is 11.0 Å². The van der Waals surface area contributed by atoms with Crippen molar-refractivity contribution in [1.29, 1.82) is 0 Å². The number of carbonyl (C=O) groups is 1. The molecule has 0 spiro atoms.